The number of benzene rings is 4. The van der Waals surface area contributed by atoms with Crippen molar-refractivity contribution in [2.24, 2.45) is 0 Å². The molecule has 0 aliphatic heterocycles. The molecule has 22 heteroatoms. The monoisotopic (exact) mass is 1110 g/mol. The zero-order chi connectivity index (χ0) is 51.1. The Morgan fingerprint density at radius 2 is 0.439 bits per heavy atom. The third kappa shape index (κ3) is 32.6. The van der Waals surface area contributed by atoms with Gasteiger partial charge < -0.3 is 79.0 Å². The fourth-order valence-electron chi connectivity index (χ4n) is 3.36. The van der Waals surface area contributed by atoms with Crippen LogP contribution in [-0.4, -0.2) is 95.1 Å². The Morgan fingerprint density at radius 3 is 0.530 bits per heavy atom. The van der Waals surface area contributed by atoms with Gasteiger partial charge in [-0.05, 0) is 152 Å². The normalized spacial score (nSPS) is 9.76. The van der Waals surface area contributed by atoms with Gasteiger partial charge in [-0.2, -0.15) is 0 Å². The van der Waals surface area contributed by atoms with Crippen LogP contribution in [0.5, 0.6) is 23.0 Å². The van der Waals surface area contributed by atoms with E-state index in [4.69, 9.17) is 85.8 Å². The van der Waals surface area contributed by atoms with Crippen LogP contribution in [0.3, 0.4) is 0 Å². The van der Waals surface area contributed by atoms with E-state index in [1.165, 1.54) is 55.4 Å². The van der Waals surface area contributed by atoms with Crippen molar-refractivity contribution in [3.8, 4) is 23.0 Å². The number of ether oxygens (including phenoxy) is 4. The number of aliphatic hydroxyl groups excluding tert-OH is 4. The van der Waals surface area contributed by atoms with E-state index in [-0.39, 0.29) is 34.1 Å². The number of rotatable bonds is 12. The maximum atomic E-state index is 10.6. The minimum absolute atomic E-state index is 0. The number of aliphatic hydroxyl groups is 4. The van der Waals surface area contributed by atoms with Gasteiger partial charge in [0.1, 0.15) is 45.4 Å². The molecule has 0 bridgehead atoms. The number of hydrogen-bond donors (Lipinski definition) is 4. The van der Waals surface area contributed by atoms with E-state index in [0.717, 1.165) is 28.4 Å². The van der Waals surface area contributed by atoms with Crippen LogP contribution in [0.1, 0.15) is 55.4 Å². The van der Waals surface area contributed by atoms with Gasteiger partial charge in [-0.3, -0.25) is 0 Å². The predicted octanol–water partition coefficient (Wildman–Crippen LogP) is 3.42. The van der Waals surface area contributed by atoms with Crippen molar-refractivity contribution < 1.29 is 113 Å². The molecule has 4 aromatic carbocycles. The summed E-state index contributed by atoms with van der Waals surface area (Å²) in [5, 5.41) is 72.8. The molecule has 16 nitrogen and oxygen atoms in total. The number of carboxylic acids is 4. The summed E-state index contributed by atoms with van der Waals surface area (Å²) in [5.41, 5.74) is -5.36. The van der Waals surface area contributed by atoms with Gasteiger partial charge in [-0.15, -0.1) is 0 Å². The molecule has 66 heavy (non-hydrogen) atoms. The molecule has 4 aromatic rings. The molecule has 2 radical (unpaired) electrons. The Kier molecular flexibility index (Phi) is 42.4. The van der Waals surface area contributed by atoms with Crippen molar-refractivity contribution in [1.82, 2.24) is 0 Å². The molecule has 0 aliphatic rings. The molecule has 0 fully saturated rings. The average Bonchev–Trinajstić information content (AvgIpc) is 3.24. The van der Waals surface area contributed by atoms with Crippen LogP contribution >= 0.6 is 46.4 Å². The number of hydrogen-bond acceptors (Lipinski definition) is 16. The van der Waals surface area contributed by atoms with Crippen molar-refractivity contribution in [3.05, 3.63) is 117 Å². The molecular weight excluding hydrogens is 1050 g/mol. The van der Waals surface area contributed by atoms with Crippen LogP contribution in [-0.2, 0) is 53.3 Å². The maximum Gasteiger partial charge on any atom is 2.00 e. The summed E-state index contributed by atoms with van der Waals surface area (Å²) in [4.78, 5) is 42.5. The first-order valence-electron chi connectivity index (χ1n) is 18.1. The zero-order valence-corrected chi connectivity index (χ0v) is 42.9. The first-order chi connectivity index (χ1) is 29.7. The van der Waals surface area contributed by atoms with Crippen molar-refractivity contribution in [3.63, 3.8) is 0 Å². The maximum absolute atomic E-state index is 10.6. The van der Waals surface area contributed by atoms with Crippen LogP contribution < -0.4 is 39.4 Å². The number of halogens is 4. The van der Waals surface area contributed by atoms with Gasteiger partial charge >= 0.3 is 34.1 Å². The van der Waals surface area contributed by atoms with Gasteiger partial charge in [-0.1, -0.05) is 46.4 Å². The molecular formula is C44H56Cl4Cu2O16. The molecule has 0 unspecified atom stereocenters. The molecule has 4 N–H and O–H groups in total. The minimum atomic E-state index is -1.34. The van der Waals surface area contributed by atoms with Gasteiger partial charge in [0.25, 0.3) is 0 Å². The van der Waals surface area contributed by atoms with Crippen molar-refractivity contribution >= 4 is 70.3 Å². The summed E-state index contributed by atoms with van der Waals surface area (Å²) in [6.45, 7) is 11.4. The molecule has 0 saturated carbocycles. The topological polar surface area (TPSA) is 278 Å². The van der Waals surface area contributed by atoms with Crippen LogP contribution in [0.15, 0.2) is 97.1 Å². The second-order valence-corrected chi connectivity index (χ2v) is 15.2. The Hall–Kier alpha value is -4.00. The van der Waals surface area contributed by atoms with Crippen molar-refractivity contribution in [1.29, 1.82) is 0 Å². The van der Waals surface area contributed by atoms with Crippen LogP contribution in [0.25, 0.3) is 0 Å². The fourth-order valence-corrected chi connectivity index (χ4v) is 3.86. The average molecular weight is 1110 g/mol. The van der Waals surface area contributed by atoms with E-state index < -0.39 is 46.3 Å². The Labute approximate surface area is 427 Å². The fraction of sp³-hybridized carbons (Fsp3) is 0.364. The van der Waals surface area contributed by atoms with Gasteiger partial charge in [0.15, 0.2) is 0 Å². The molecule has 0 heterocycles. The number of carbonyl (C=O) groups is 4. The third-order valence-corrected chi connectivity index (χ3v) is 7.72. The summed E-state index contributed by atoms with van der Waals surface area (Å²) in [6.07, 6.45) is 0. The van der Waals surface area contributed by atoms with E-state index in [1.54, 1.807) is 97.1 Å². The van der Waals surface area contributed by atoms with Crippen LogP contribution in [0.4, 0.5) is 0 Å². The first kappa shape index (κ1) is 73.6. The molecule has 0 aromatic heterocycles. The molecule has 0 aliphatic carbocycles. The van der Waals surface area contributed by atoms with Gasteiger partial charge in [0, 0.05) is 48.5 Å². The largest absolute Gasteiger partial charge is 2.00 e. The van der Waals surface area contributed by atoms with E-state index >= 15 is 0 Å². The summed E-state index contributed by atoms with van der Waals surface area (Å²) >= 11 is 22.6. The van der Waals surface area contributed by atoms with Crippen molar-refractivity contribution in [2.45, 2.75) is 77.8 Å². The summed E-state index contributed by atoms with van der Waals surface area (Å²) in [5.74, 6) is -3.24. The van der Waals surface area contributed by atoms with E-state index in [9.17, 15) is 39.6 Å². The van der Waals surface area contributed by atoms with Crippen molar-refractivity contribution in [2.75, 3.05) is 28.4 Å². The Morgan fingerprint density at radius 1 is 0.333 bits per heavy atom. The minimum Gasteiger partial charge on any atom is -0.546 e. The summed E-state index contributed by atoms with van der Waals surface area (Å²) in [6, 6.07) is 25.9. The molecule has 0 amide bonds. The molecule has 0 spiro atoms. The van der Waals surface area contributed by atoms with E-state index in [0.29, 0.717) is 43.1 Å². The van der Waals surface area contributed by atoms with E-state index in [1.807, 2.05) is 0 Å². The number of aliphatic carboxylic acids is 4. The summed E-state index contributed by atoms with van der Waals surface area (Å²) in [7, 11) is 4.00. The summed E-state index contributed by atoms with van der Waals surface area (Å²) < 4.78 is 20.8. The van der Waals surface area contributed by atoms with Crippen LogP contribution in [0.2, 0.25) is 20.1 Å². The third-order valence-electron chi connectivity index (χ3n) is 6.71. The molecule has 0 atom stereocenters. The van der Waals surface area contributed by atoms with Gasteiger partial charge in [-0.25, -0.2) is 0 Å². The smallest absolute Gasteiger partial charge is 0.546 e. The van der Waals surface area contributed by atoms with E-state index in [2.05, 4.69) is 0 Å². The molecule has 4 rings (SSSR count). The number of carbonyl (C=O) groups excluding carboxylic acids is 4. The quantitative estimate of drug-likeness (QED) is 0.148. The molecule has 0 saturated heterocycles. The number of carboxylic acid groups (broad SMARTS) is 4. The second-order valence-electron chi connectivity index (χ2n) is 13.4. The Bertz CT molecular complexity index is 1620. The van der Waals surface area contributed by atoms with Gasteiger partial charge in [0.2, 0.25) is 0 Å². The Balaban J connectivity index is -0.000000171. The zero-order valence-electron chi connectivity index (χ0n) is 38.0. The van der Waals surface area contributed by atoms with Gasteiger partial charge in [0.05, 0.1) is 23.9 Å². The molecule has 378 valence electrons. The SMILES string of the molecule is CC(C)(Oc1ccc(Cl)cc1)C(=O)[O-].CC(C)(Oc1ccc(Cl)cc1)C(=O)[O-].CC(C)(Oc1ccc(Cl)cc1)C(=O)[O-].CC(C)(Oc1ccc(Cl)cc1)C(=O)[O-].CO.CO.CO.CO.[Cu+2].[Cu+2]. The predicted molar refractivity (Wildman–Crippen MR) is 237 cm³/mol. The first-order valence-corrected chi connectivity index (χ1v) is 19.6. The van der Waals surface area contributed by atoms with Crippen LogP contribution in [0, 0.1) is 0 Å². The standard InChI is InChI=1S/4C10H11ClO3.4CH4O.2Cu/c4*1-10(2,9(12)13)14-8-5-3-7(11)4-6-8;4*1-2;;/h4*3-6H,1-2H3,(H,12,13);4*2H,1H3;;/q;;;;;;;;2*+2/p-4. The second kappa shape index (κ2) is 38.0.